The predicted octanol–water partition coefficient (Wildman–Crippen LogP) is 2.50. The molecule has 3 rings (SSSR count). The van der Waals surface area contributed by atoms with E-state index in [9.17, 15) is 14.7 Å². The first-order valence-corrected chi connectivity index (χ1v) is 7.93. The third-order valence-electron chi connectivity index (χ3n) is 4.02. The van der Waals surface area contributed by atoms with Gasteiger partial charge in [-0.25, -0.2) is 9.48 Å². The van der Waals surface area contributed by atoms with Gasteiger partial charge in [-0.2, -0.15) is 5.10 Å². The third-order valence-corrected chi connectivity index (χ3v) is 4.02. The van der Waals surface area contributed by atoms with E-state index in [-0.39, 0.29) is 11.3 Å². The number of carbonyl (C=O) groups excluding carboxylic acids is 2. The highest BCUT2D eigenvalue weighted by molar-refractivity contribution is 5.95. The molecule has 2 N–H and O–H groups in total. The van der Waals surface area contributed by atoms with Crippen molar-refractivity contribution in [2.75, 3.05) is 11.9 Å². The molecule has 0 unspecified atom stereocenters. The Morgan fingerprint density at radius 1 is 1.29 bits per heavy atom. The van der Waals surface area contributed by atoms with Gasteiger partial charge in [-0.15, -0.1) is 0 Å². The number of ether oxygens (including phenoxy) is 1. The molecular weight excluding hydrogens is 310 g/mol. The van der Waals surface area contributed by atoms with Crippen molar-refractivity contribution in [3.63, 3.8) is 0 Å². The number of anilines is 1. The van der Waals surface area contributed by atoms with Gasteiger partial charge in [-0.05, 0) is 31.0 Å². The number of amides is 1. The van der Waals surface area contributed by atoms with Gasteiger partial charge in [0.05, 0.1) is 17.8 Å². The van der Waals surface area contributed by atoms with Gasteiger partial charge in [-0.3, -0.25) is 4.79 Å². The fourth-order valence-electron chi connectivity index (χ4n) is 2.88. The van der Waals surface area contributed by atoms with Crippen molar-refractivity contribution in [1.82, 2.24) is 9.78 Å². The van der Waals surface area contributed by atoms with Crippen molar-refractivity contribution in [3.05, 3.63) is 42.1 Å². The van der Waals surface area contributed by atoms with Crippen molar-refractivity contribution in [2.45, 2.75) is 31.7 Å². The molecule has 1 amide bonds. The second kappa shape index (κ2) is 7.16. The Labute approximate surface area is 139 Å². The van der Waals surface area contributed by atoms with E-state index in [1.54, 1.807) is 12.3 Å². The maximum Gasteiger partial charge on any atom is 0.338 e. The minimum absolute atomic E-state index is 0.0330. The van der Waals surface area contributed by atoms with Crippen LogP contribution in [0.1, 0.15) is 42.1 Å². The van der Waals surface area contributed by atoms with E-state index in [0.717, 1.165) is 12.8 Å². The zero-order chi connectivity index (χ0) is 16.9. The van der Waals surface area contributed by atoms with Crippen molar-refractivity contribution in [2.24, 2.45) is 0 Å². The van der Waals surface area contributed by atoms with E-state index >= 15 is 0 Å². The van der Waals surface area contributed by atoms with Crippen molar-refractivity contribution in [3.8, 4) is 5.75 Å². The van der Waals surface area contributed by atoms with Gasteiger partial charge < -0.3 is 15.2 Å². The maximum absolute atomic E-state index is 12.0. The number of rotatable bonds is 5. The lowest BCUT2D eigenvalue weighted by Gasteiger charge is -2.14. The zero-order valence-electron chi connectivity index (χ0n) is 13.1. The average molecular weight is 329 g/mol. The predicted molar refractivity (Wildman–Crippen MR) is 86.8 cm³/mol. The zero-order valence-corrected chi connectivity index (χ0v) is 13.1. The minimum Gasteiger partial charge on any atom is -0.508 e. The fraction of sp³-hybridized carbons (Fsp3) is 0.353. The van der Waals surface area contributed by atoms with E-state index in [1.165, 1.54) is 37.1 Å². The lowest BCUT2D eigenvalue weighted by Crippen LogP contribution is -2.23. The van der Waals surface area contributed by atoms with Gasteiger partial charge in [0, 0.05) is 6.07 Å². The standard InChI is InChI=1S/C17H19N3O4/c21-14-7-3-4-12(10-14)17(23)24-11-16(22)19-15-8-9-18-20(15)13-5-1-2-6-13/h3-4,7-10,13,21H,1-2,5-6,11H2,(H,19,22). The van der Waals surface area contributed by atoms with Gasteiger partial charge in [0.2, 0.25) is 0 Å². The van der Waals surface area contributed by atoms with Crippen LogP contribution in [0.3, 0.4) is 0 Å². The van der Waals surface area contributed by atoms with Crippen LogP contribution < -0.4 is 5.32 Å². The number of aromatic nitrogens is 2. The molecule has 0 spiro atoms. The van der Waals surface area contributed by atoms with Crippen LogP contribution in [-0.2, 0) is 9.53 Å². The molecule has 0 radical (unpaired) electrons. The van der Waals surface area contributed by atoms with Crippen molar-refractivity contribution in [1.29, 1.82) is 0 Å². The summed E-state index contributed by atoms with van der Waals surface area (Å²) in [6, 6.07) is 7.82. The number of phenols is 1. The van der Waals surface area contributed by atoms with E-state index in [0.29, 0.717) is 11.9 Å². The second-order valence-electron chi connectivity index (χ2n) is 5.77. The molecule has 1 fully saturated rings. The SMILES string of the molecule is O=C(COC(=O)c1cccc(O)c1)Nc1ccnn1C1CCCC1. The molecule has 7 heteroatoms. The molecule has 1 aromatic carbocycles. The Morgan fingerprint density at radius 2 is 2.08 bits per heavy atom. The lowest BCUT2D eigenvalue weighted by atomic mass is 10.2. The summed E-state index contributed by atoms with van der Waals surface area (Å²) < 4.78 is 6.79. The van der Waals surface area contributed by atoms with Crippen LogP contribution in [0, 0.1) is 0 Å². The Hall–Kier alpha value is -2.83. The Balaban J connectivity index is 1.55. The summed E-state index contributed by atoms with van der Waals surface area (Å²) in [5, 5.41) is 16.3. The number of nitrogens with one attached hydrogen (secondary N) is 1. The quantitative estimate of drug-likeness (QED) is 0.822. The maximum atomic E-state index is 12.0. The summed E-state index contributed by atoms with van der Waals surface area (Å²) >= 11 is 0. The molecule has 1 aliphatic rings. The number of nitrogens with zero attached hydrogens (tertiary/aromatic N) is 2. The number of hydrogen-bond donors (Lipinski definition) is 2. The first-order valence-electron chi connectivity index (χ1n) is 7.93. The fourth-order valence-corrected chi connectivity index (χ4v) is 2.88. The first-order chi connectivity index (χ1) is 11.6. The molecule has 1 aromatic heterocycles. The molecular formula is C17H19N3O4. The summed E-state index contributed by atoms with van der Waals surface area (Å²) in [5.41, 5.74) is 0.193. The highest BCUT2D eigenvalue weighted by Gasteiger charge is 2.20. The monoisotopic (exact) mass is 329 g/mol. The highest BCUT2D eigenvalue weighted by atomic mass is 16.5. The molecule has 0 aliphatic heterocycles. The van der Waals surface area contributed by atoms with Crippen LogP contribution in [0.15, 0.2) is 36.5 Å². The van der Waals surface area contributed by atoms with E-state index in [2.05, 4.69) is 10.4 Å². The number of phenolic OH excluding ortho intramolecular Hbond substituents is 1. The van der Waals surface area contributed by atoms with Gasteiger partial charge in [0.25, 0.3) is 5.91 Å². The smallest absolute Gasteiger partial charge is 0.338 e. The van der Waals surface area contributed by atoms with E-state index < -0.39 is 18.5 Å². The first kappa shape index (κ1) is 16.0. The Kier molecular flexibility index (Phi) is 4.79. The van der Waals surface area contributed by atoms with Crippen LogP contribution in [0.5, 0.6) is 5.75 Å². The normalized spacial score (nSPS) is 14.5. The van der Waals surface area contributed by atoms with Crippen LogP contribution in [0.2, 0.25) is 0 Å². The molecule has 24 heavy (non-hydrogen) atoms. The molecule has 2 aromatic rings. The van der Waals surface area contributed by atoms with Gasteiger partial charge in [0.15, 0.2) is 6.61 Å². The molecule has 0 saturated heterocycles. The summed E-state index contributed by atoms with van der Waals surface area (Å²) in [4.78, 5) is 23.9. The molecule has 0 atom stereocenters. The third kappa shape index (κ3) is 3.73. The van der Waals surface area contributed by atoms with E-state index in [1.807, 2.05) is 4.68 Å². The average Bonchev–Trinajstić information content (AvgIpc) is 3.23. The molecule has 7 nitrogen and oxygen atoms in total. The van der Waals surface area contributed by atoms with Gasteiger partial charge >= 0.3 is 5.97 Å². The number of hydrogen-bond acceptors (Lipinski definition) is 5. The molecule has 126 valence electrons. The summed E-state index contributed by atoms with van der Waals surface area (Å²) in [6.45, 7) is -0.398. The van der Waals surface area contributed by atoms with Crippen molar-refractivity contribution >= 4 is 17.7 Å². The number of carbonyl (C=O) groups is 2. The molecule has 0 bridgehead atoms. The minimum atomic E-state index is -0.662. The Bertz CT molecular complexity index is 735. The van der Waals surface area contributed by atoms with E-state index in [4.69, 9.17) is 4.74 Å². The molecule has 1 saturated carbocycles. The Morgan fingerprint density at radius 3 is 2.83 bits per heavy atom. The number of benzene rings is 1. The summed E-state index contributed by atoms with van der Waals surface area (Å²) in [5.74, 6) is -0.511. The number of esters is 1. The van der Waals surface area contributed by atoms with Crippen LogP contribution in [0.4, 0.5) is 5.82 Å². The van der Waals surface area contributed by atoms with Crippen LogP contribution in [0.25, 0.3) is 0 Å². The summed E-state index contributed by atoms with van der Waals surface area (Å²) in [7, 11) is 0. The summed E-state index contributed by atoms with van der Waals surface area (Å²) in [6.07, 6.45) is 6.08. The number of aromatic hydroxyl groups is 1. The molecule has 1 heterocycles. The van der Waals surface area contributed by atoms with Gasteiger partial charge in [-0.1, -0.05) is 18.9 Å². The van der Waals surface area contributed by atoms with Gasteiger partial charge in [0.1, 0.15) is 11.6 Å². The lowest BCUT2D eigenvalue weighted by molar-refractivity contribution is -0.119. The molecule has 1 aliphatic carbocycles. The van der Waals surface area contributed by atoms with Crippen LogP contribution in [-0.4, -0.2) is 33.4 Å². The second-order valence-corrected chi connectivity index (χ2v) is 5.77. The topological polar surface area (TPSA) is 93.5 Å². The largest absolute Gasteiger partial charge is 0.508 e. The van der Waals surface area contributed by atoms with Crippen LogP contribution >= 0.6 is 0 Å². The van der Waals surface area contributed by atoms with Crippen molar-refractivity contribution < 1.29 is 19.4 Å². The highest BCUT2D eigenvalue weighted by Crippen LogP contribution is 2.31.